The molecule has 0 unspecified atom stereocenters. The number of rotatable bonds is 5. The van der Waals surface area contributed by atoms with Crippen molar-refractivity contribution in [3.8, 4) is 0 Å². The molecule has 1 fully saturated rings. The molecule has 4 rings (SSSR count). The molecule has 0 radical (unpaired) electrons. The molecule has 31 heavy (non-hydrogen) atoms. The first kappa shape index (κ1) is 21.9. The molecule has 1 N–H and O–H groups in total. The van der Waals surface area contributed by atoms with Gasteiger partial charge in [-0.1, -0.05) is 40.6 Å². The maximum atomic E-state index is 13.0. The van der Waals surface area contributed by atoms with Crippen LogP contribution in [0, 0.1) is 6.92 Å². The summed E-state index contributed by atoms with van der Waals surface area (Å²) in [6, 6.07) is 13.7. The first-order chi connectivity index (χ1) is 14.8. The Balaban J connectivity index is 1.46. The molecule has 1 saturated heterocycles. The minimum atomic E-state index is -3.57. The van der Waals surface area contributed by atoms with E-state index in [9.17, 15) is 13.2 Å². The van der Waals surface area contributed by atoms with Gasteiger partial charge < -0.3 is 5.32 Å². The highest BCUT2D eigenvalue weighted by Crippen LogP contribution is 2.32. The van der Waals surface area contributed by atoms with E-state index in [0.717, 1.165) is 18.4 Å². The fourth-order valence-corrected chi connectivity index (χ4v) is 5.94. The number of sulfonamides is 1. The van der Waals surface area contributed by atoms with Crippen molar-refractivity contribution in [3.63, 3.8) is 0 Å². The lowest BCUT2D eigenvalue weighted by Gasteiger charge is -2.30. The summed E-state index contributed by atoms with van der Waals surface area (Å²) >= 11 is 7.06. The first-order valence-corrected chi connectivity index (χ1v) is 12.4. The summed E-state index contributed by atoms with van der Waals surface area (Å²) in [5, 5.41) is 12.5. The van der Waals surface area contributed by atoms with Crippen molar-refractivity contribution in [2.24, 2.45) is 0 Å². The molecule has 1 atom stereocenters. The molecule has 0 spiro atoms. The fourth-order valence-electron chi connectivity index (χ4n) is 3.43. The highest BCUT2D eigenvalue weighted by atomic mass is 35.5. The SMILES string of the molecule is Cc1ccc(S(=O)(=O)N2CCC[C@@H](c3nnc(C(=O)Nc4ccc(Cl)cc4)s3)C2)cc1. The average Bonchev–Trinajstić information content (AvgIpc) is 3.26. The van der Waals surface area contributed by atoms with Gasteiger partial charge in [-0.15, -0.1) is 10.2 Å². The van der Waals surface area contributed by atoms with E-state index < -0.39 is 10.0 Å². The molecular formula is C21H21ClN4O3S2. The molecule has 162 valence electrons. The second-order valence-corrected chi connectivity index (χ2v) is 10.8. The fraction of sp³-hybridized carbons (Fsp3) is 0.286. The van der Waals surface area contributed by atoms with Crippen LogP contribution in [0.4, 0.5) is 5.69 Å². The topological polar surface area (TPSA) is 92.3 Å². The van der Waals surface area contributed by atoms with E-state index >= 15 is 0 Å². The van der Waals surface area contributed by atoms with Gasteiger partial charge in [0, 0.05) is 29.7 Å². The van der Waals surface area contributed by atoms with Crippen molar-refractivity contribution < 1.29 is 13.2 Å². The molecule has 3 aromatic rings. The van der Waals surface area contributed by atoms with E-state index in [0.29, 0.717) is 33.7 Å². The standard InChI is InChI=1S/C21H21ClN4O3S2/c1-14-4-10-18(11-5-14)31(28,29)26-12-2-3-15(13-26)20-24-25-21(30-20)19(27)23-17-8-6-16(22)7-9-17/h4-11,15H,2-3,12-13H2,1H3,(H,23,27)/t15-/m1/s1. The number of piperidine rings is 1. The van der Waals surface area contributed by atoms with Crippen molar-refractivity contribution >= 4 is 44.6 Å². The molecule has 10 heteroatoms. The summed E-state index contributed by atoms with van der Waals surface area (Å²) in [6.07, 6.45) is 1.52. The van der Waals surface area contributed by atoms with Crippen LogP contribution in [0.2, 0.25) is 5.02 Å². The van der Waals surface area contributed by atoms with Crippen LogP contribution in [0.1, 0.15) is 39.1 Å². The molecule has 0 saturated carbocycles. The number of nitrogens with one attached hydrogen (secondary N) is 1. The minimum Gasteiger partial charge on any atom is -0.320 e. The number of nitrogens with zero attached hydrogens (tertiary/aromatic N) is 3. The molecule has 1 aliphatic rings. The number of halogens is 1. The summed E-state index contributed by atoms with van der Waals surface area (Å²) in [7, 11) is -3.57. The monoisotopic (exact) mass is 476 g/mol. The lowest BCUT2D eigenvalue weighted by atomic mass is 10.0. The predicted molar refractivity (Wildman–Crippen MR) is 121 cm³/mol. The number of anilines is 1. The summed E-state index contributed by atoms with van der Waals surface area (Å²) in [5.41, 5.74) is 1.62. The van der Waals surface area contributed by atoms with Gasteiger partial charge in [-0.05, 0) is 56.2 Å². The normalized spacial score (nSPS) is 17.4. The van der Waals surface area contributed by atoms with E-state index in [1.165, 1.54) is 15.6 Å². The zero-order chi connectivity index (χ0) is 22.0. The van der Waals surface area contributed by atoms with Gasteiger partial charge in [-0.2, -0.15) is 4.31 Å². The molecule has 0 bridgehead atoms. The Labute approximate surface area is 190 Å². The first-order valence-electron chi connectivity index (χ1n) is 9.80. The smallest absolute Gasteiger partial charge is 0.286 e. The van der Waals surface area contributed by atoms with Crippen molar-refractivity contribution in [1.82, 2.24) is 14.5 Å². The van der Waals surface area contributed by atoms with Crippen LogP contribution in [0.5, 0.6) is 0 Å². The number of amides is 1. The number of benzene rings is 2. The van der Waals surface area contributed by atoms with Gasteiger partial charge >= 0.3 is 0 Å². The highest BCUT2D eigenvalue weighted by Gasteiger charge is 2.32. The lowest BCUT2D eigenvalue weighted by Crippen LogP contribution is -2.39. The van der Waals surface area contributed by atoms with Crippen LogP contribution in [-0.2, 0) is 10.0 Å². The number of hydrogen-bond acceptors (Lipinski definition) is 6. The number of carbonyl (C=O) groups excluding carboxylic acids is 1. The number of carbonyl (C=O) groups is 1. The average molecular weight is 477 g/mol. The van der Waals surface area contributed by atoms with E-state index in [1.807, 2.05) is 6.92 Å². The molecule has 1 amide bonds. The predicted octanol–water partition coefficient (Wildman–Crippen LogP) is 4.32. The van der Waals surface area contributed by atoms with Gasteiger partial charge in [-0.25, -0.2) is 8.42 Å². The lowest BCUT2D eigenvalue weighted by molar-refractivity contribution is 0.102. The minimum absolute atomic E-state index is 0.0939. The maximum Gasteiger partial charge on any atom is 0.286 e. The van der Waals surface area contributed by atoms with Crippen LogP contribution in [0.15, 0.2) is 53.4 Å². The Morgan fingerprint density at radius 1 is 1.13 bits per heavy atom. The Morgan fingerprint density at radius 2 is 1.84 bits per heavy atom. The molecule has 7 nitrogen and oxygen atoms in total. The quantitative estimate of drug-likeness (QED) is 0.592. The summed E-state index contributed by atoms with van der Waals surface area (Å²) in [5.74, 6) is -0.449. The molecular weight excluding hydrogens is 456 g/mol. The van der Waals surface area contributed by atoms with Gasteiger partial charge in [0.1, 0.15) is 5.01 Å². The third kappa shape index (κ3) is 4.95. The Bertz CT molecular complexity index is 1180. The molecule has 0 aliphatic carbocycles. The maximum absolute atomic E-state index is 13.0. The van der Waals surface area contributed by atoms with Crippen LogP contribution < -0.4 is 5.32 Å². The second-order valence-electron chi connectivity index (χ2n) is 7.42. The van der Waals surface area contributed by atoms with Crippen LogP contribution in [-0.4, -0.2) is 41.9 Å². The Kier molecular flexibility index (Phi) is 6.38. The van der Waals surface area contributed by atoms with Crippen LogP contribution in [0.3, 0.4) is 0 Å². The second kappa shape index (κ2) is 9.04. The molecule has 1 aromatic heterocycles. The van der Waals surface area contributed by atoms with Gasteiger partial charge in [0.15, 0.2) is 0 Å². The largest absolute Gasteiger partial charge is 0.320 e. The molecule has 2 aromatic carbocycles. The Morgan fingerprint density at radius 3 is 2.55 bits per heavy atom. The number of aryl methyl sites for hydroxylation is 1. The van der Waals surface area contributed by atoms with Crippen molar-refractivity contribution in [2.75, 3.05) is 18.4 Å². The number of hydrogen-bond donors (Lipinski definition) is 1. The van der Waals surface area contributed by atoms with Gasteiger partial charge in [0.2, 0.25) is 15.0 Å². The summed E-state index contributed by atoms with van der Waals surface area (Å²) in [4.78, 5) is 12.8. The zero-order valence-corrected chi connectivity index (χ0v) is 19.2. The van der Waals surface area contributed by atoms with E-state index in [4.69, 9.17) is 11.6 Å². The molecule has 2 heterocycles. The van der Waals surface area contributed by atoms with E-state index in [2.05, 4.69) is 15.5 Å². The Hall–Kier alpha value is -2.33. The van der Waals surface area contributed by atoms with E-state index in [-0.39, 0.29) is 16.8 Å². The van der Waals surface area contributed by atoms with Crippen LogP contribution in [0.25, 0.3) is 0 Å². The zero-order valence-electron chi connectivity index (χ0n) is 16.8. The van der Waals surface area contributed by atoms with Crippen molar-refractivity contribution in [2.45, 2.75) is 30.6 Å². The van der Waals surface area contributed by atoms with Crippen LogP contribution >= 0.6 is 22.9 Å². The summed E-state index contributed by atoms with van der Waals surface area (Å²) in [6.45, 7) is 2.71. The third-order valence-electron chi connectivity index (χ3n) is 5.13. The van der Waals surface area contributed by atoms with E-state index in [1.54, 1.807) is 48.5 Å². The van der Waals surface area contributed by atoms with Crippen molar-refractivity contribution in [3.05, 3.63) is 69.1 Å². The molecule has 1 aliphatic heterocycles. The van der Waals surface area contributed by atoms with Gasteiger partial charge in [0.05, 0.1) is 4.90 Å². The van der Waals surface area contributed by atoms with Crippen molar-refractivity contribution in [1.29, 1.82) is 0 Å². The van der Waals surface area contributed by atoms with Gasteiger partial charge in [-0.3, -0.25) is 4.79 Å². The summed E-state index contributed by atoms with van der Waals surface area (Å²) < 4.78 is 27.6. The van der Waals surface area contributed by atoms with Gasteiger partial charge in [0.25, 0.3) is 5.91 Å². The highest BCUT2D eigenvalue weighted by molar-refractivity contribution is 7.89. The third-order valence-corrected chi connectivity index (χ3v) is 8.34. The number of aromatic nitrogens is 2.